The van der Waals surface area contributed by atoms with Crippen molar-refractivity contribution < 1.29 is 4.79 Å². The second-order valence-corrected chi connectivity index (χ2v) is 5.25. The molecule has 118 valence electrons. The summed E-state index contributed by atoms with van der Waals surface area (Å²) in [6.07, 6.45) is 6.06. The van der Waals surface area contributed by atoms with Gasteiger partial charge in [-0.15, -0.1) is 0 Å². The highest BCUT2D eigenvalue weighted by atomic mass is 16.2. The van der Waals surface area contributed by atoms with Crippen molar-refractivity contribution >= 4 is 11.6 Å². The topological polar surface area (TPSA) is 77.6 Å². The Kier molecular flexibility index (Phi) is 3.92. The second-order valence-electron chi connectivity index (χ2n) is 5.25. The summed E-state index contributed by atoms with van der Waals surface area (Å²) < 4.78 is 3.29. The first-order valence-corrected chi connectivity index (χ1v) is 7.36. The maximum absolute atomic E-state index is 12.5. The van der Waals surface area contributed by atoms with E-state index in [1.54, 1.807) is 40.9 Å². The van der Waals surface area contributed by atoms with Crippen molar-refractivity contribution in [2.24, 2.45) is 14.1 Å². The van der Waals surface area contributed by atoms with Crippen LogP contribution in [-0.4, -0.2) is 30.5 Å². The van der Waals surface area contributed by atoms with Crippen LogP contribution in [0.5, 0.6) is 0 Å². The SMILES string of the molecule is CCc1cc(C(=O)Nc2cccnc2-c2cnn(C)c2)n(C)n1. The quantitative estimate of drug-likeness (QED) is 0.800. The first-order valence-electron chi connectivity index (χ1n) is 7.36. The maximum Gasteiger partial charge on any atom is 0.273 e. The molecular formula is C16H18N6O. The number of hydrogen-bond acceptors (Lipinski definition) is 4. The van der Waals surface area contributed by atoms with Crippen molar-refractivity contribution in [3.8, 4) is 11.3 Å². The molecule has 0 fully saturated rings. The van der Waals surface area contributed by atoms with E-state index < -0.39 is 0 Å². The third-order valence-corrected chi connectivity index (χ3v) is 3.56. The Morgan fingerprint density at radius 3 is 2.83 bits per heavy atom. The summed E-state index contributed by atoms with van der Waals surface area (Å²) in [5, 5.41) is 11.4. The lowest BCUT2D eigenvalue weighted by Gasteiger charge is -2.09. The highest BCUT2D eigenvalue weighted by Crippen LogP contribution is 2.25. The van der Waals surface area contributed by atoms with Gasteiger partial charge < -0.3 is 5.32 Å². The van der Waals surface area contributed by atoms with Crippen LogP contribution in [0.3, 0.4) is 0 Å². The third kappa shape index (κ3) is 2.98. The van der Waals surface area contributed by atoms with Gasteiger partial charge in [0.1, 0.15) is 5.69 Å². The molecule has 0 atom stereocenters. The number of carbonyl (C=O) groups is 1. The number of anilines is 1. The molecule has 1 amide bonds. The van der Waals surface area contributed by atoms with E-state index in [9.17, 15) is 4.79 Å². The summed E-state index contributed by atoms with van der Waals surface area (Å²) in [5.41, 5.74) is 3.58. The van der Waals surface area contributed by atoms with Gasteiger partial charge >= 0.3 is 0 Å². The monoisotopic (exact) mass is 310 g/mol. The number of hydrogen-bond donors (Lipinski definition) is 1. The minimum atomic E-state index is -0.210. The smallest absolute Gasteiger partial charge is 0.273 e. The first-order chi connectivity index (χ1) is 11.1. The molecule has 0 aliphatic rings. The van der Waals surface area contributed by atoms with Gasteiger partial charge in [0.05, 0.1) is 23.3 Å². The van der Waals surface area contributed by atoms with Gasteiger partial charge in [0, 0.05) is 32.1 Å². The Morgan fingerprint density at radius 1 is 1.35 bits per heavy atom. The van der Waals surface area contributed by atoms with E-state index in [2.05, 4.69) is 20.5 Å². The lowest BCUT2D eigenvalue weighted by molar-refractivity contribution is 0.101. The van der Waals surface area contributed by atoms with Crippen LogP contribution in [0.1, 0.15) is 23.1 Å². The molecule has 0 spiro atoms. The lowest BCUT2D eigenvalue weighted by atomic mass is 10.2. The Balaban J connectivity index is 1.91. The van der Waals surface area contributed by atoms with Crippen LogP contribution in [0, 0.1) is 0 Å². The number of aryl methyl sites for hydroxylation is 3. The molecule has 7 heteroatoms. The van der Waals surface area contributed by atoms with Crippen molar-refractivity contribution in [1.82, 2.24) is 24.5 Å². The lowest BCUT2D eigenvalue weighted by Crippen LogP contribution is -2.16. The average molecular weight is 310 g/mol. The standard InChI is InChI=1S/C16H18N6O/c1-4-12-8-14(22(3)20-12)16(23)19-13-6-5-7-17-15(13)11-9-18-21(2)10-11/h5-10H,4H2,1-3H3,(H,19,23). The van der Waals surface area contributed by atoms with Gasteiger partial charge in [0.25, 0.3) is 5.91 Å². The maximum atomic E-state index is 12.5. The van der Waals surface area contributed by atoms with Crippen molar-refractivity contribution in [3.05, 3.63) is 48.2 Å². The third-order valence-electron chi connectivity index (χ3n) is 3.56. The van der Waals surface area contributed by atoms with Gasteiger partial charge in [0.15, 0.2) is 0 Å². The number of amides is 1. The Labute approximate surface area is 134 Å². The molecule has 0 aliphatic heterocycles. The molecule has 1 N–H and O–H groups in total. The van der Waals surface area contributed by atoms with Crippen molar-refractivity contribution in [2.45, 2.75) is 13.3 Å². The van der Waals surface area contributed by atoms with E-state index in [4.69, 9.17) is 0 Å². The van der Waals surface area contributed by atoms with E-state index in [1.807, 2.05) is 26.2 Å². The molecule has 3 aromatic heterocycles. The summed E-state index contributed by atoms with van der Waals surface area (Å²) in [6.45, 7) is 2.01. The van der Waals surface area contributed by atoms with Crippen LogP contribution in [0.25, 0.3) is 11.3 Å². The predicted octanol–water partition coefficient (Wildman–Crippen LogP) is 2.03. The molecule has 3 rings (SSSR count). The zero-order valence-corrected chi connectivity index (χ0v) is 13.3. The van der Waals surface area contributed by atoms with Crippen LogP contribution < -0.4 is 5.32 Å². The number of carbonyl (C=O) groups excluding carboxylic acids is 1. The molecule has 0 bridgehead atoms. The molecule has 0 unspecified atom stereocenters. The number of nitrogens with one attached hydrogen (secondary N) is 1. The summed E-state index contributed by atoms with van der Waals surface area (Å²) in [4.78, 5) is 16.9. The summed E-state index contributed by atoms with van der Waals surface area (Å²) in [6, 6.07) is 5.41. The van der Waals surface area contributed by atoms with Crippen molar-refractivity contribution in [2.75, 3.05) is 5.32 Å². The largest absolute Gasteiger partial charge is 0.319 e. The van der Waals surface area contributed by atoms with Gasteiger partial charge in [-0.05, 0) is 24.6 Å². The first kappa shape index (κ1) is 15.0. The van der Waals surface area contributed by atoms with E-state index in [-0.39, 0.29) is 5.91 Å². The van der Waals surface area contributed by atoms with Gasteiger partial charge in [-0.3, -0.25) is 19.1 Å². The summed E-state index contributed by atoms with van der Waals surface area (Å²) in [5.74, 6) is -0.210. The molecule has 23 heavy (non-hydrogen) atoms. The van der Waals surface area contributed by atoms with Gasteiger partial charge in [-0.25, -0.2) is 0 Å². The van der Waals surface area contributed by atoms with Gasteiger partial charge in [-0.2, -0.15) is 10.2 Å². The van der Waals surface area contributed by atoms with E-state index in [1.165, 1.54) is 0 Å². The molecule has 0 aromatic carbocycles. The number of nitrogens with zero attached hydrogens (tertiary/aromatic N) is 5. The minimum absolute atomic E-state index is 0.210. The Morgan fingerprint density at radius 2 is 2.17 bits per heavy atom. The molecule has 0 saturated heterocycles. The fourth-order valence-corrected chi connectivity index (χ4v) is 2.38. The second kappa shape index (κ2) is 6.04. The van der Waals surface area contributed by atoms with Crippen LogP contribution in [0.15, 0.2) is 36.8 Å². The van der Waals surface area contributed by atoms with Gasteiger partial charge in [0.2, 0.25) is 0 Å². The molecule has 3 aromatic rings. The summed E-state index contributed by atoms with van der Waals surface area (Å²) in [7, 11) is 3.60. The highest BCUT2D eigenvalue weighted by molar-refractivity contribution is 6.04. The Bertz CT molecular complexity index is 848. The average Bonchev–Trinajstić information content (AvgIpc) is 3.13. The zero-order chi connectivity index (χ0) is 16.4. The summed E-state index contributed by atoms with van der Waals surface area (Å²) >= 11 is 0. The number of rotatable bonds is 4. The van der Waals surface area contributed by atoms with E-state index in [0.29, 0.717) is 17.1 Å². The van der Waals surface area contributed by atoms with E-state index in [0.717, 1.165) is 17.7 Å². The minimum Gasteiger partial charge on any atom is -0.319 e. The zero-order valence-electron chi connectivity index (χ0n) is 13.3. The van der Waals surface area contributed by atoms with Gasteiger partial charge in [-0.1, -0.05) is 6.92 Å². The van der Waals surface area contributed by atoms with Crippen molar-refractivity contribution in [1.29, 1.82) is 0 Å². The Hall–Kier alpha value is -2.96. The van der Waals surface area contributed by atoms with E-state index >= 15 is 0 Å². The van der Waals surface area contributed by atoms with Crippen LogP contribution >= 0.6 is 0 Å². The van der Waals surface area contributed by atoms with Crippen LogP contribution in [-0.2, 0) is 20.5 Å². The number of pyridine rings is 1. The fraction of sp³-hybridized carbons (Fsp3) is 0.250. The normalized spacial score (nSPS) is 10.7. The number of aromatic nitrogens is 5. The molecule has 0 radical (unpaired) electrons. The molecule has 0 saturated carbocycles. The molecule has 7 nitrogen and oxygen atoms in total. The van der Waals surface area contributed by atoms with Crippen LogP contribution in [0.4, 0.5) is 5.69 Å². The fourth-order valence-electron chi connectivity index (χ4n) is 2.38. The van der Waals surface area contributed by atoms with Crippen LogP contribution in [0.2, 0.25) is 0 Å². The molecular weight excluding hydrogens is 292 g/mol. The highest BCUT2D eigenvalue weighted by Gasteiger charge is 2.16. The molecule has 0 aliphatic carbocycles. The van der Waals surface area contributed by atoms with Crippen molar-refractivity contribution in [3.63, 3.8) is 0 Å². The predicted molar refractivity (Wildman–Crippen MR) is 87.0 cm³/mol. The molecule has 3 heterocycles.